The van der Waals surface area contributed by atoms with E-state index < -0.39 is 23.8 Å². The van der Waals surface area contributed by atoms with E-state index in [2.05, 4.69) is 10.3 Å². The van der Waals surface area contributed by atoms with Crippen LogP contribution in [0.15, 0.2) is 16.1 Å². The van der Waals surface area contributed by atoms with Gasteiger partial charge in [0.05, 0.1) is 5.92 Å². The van der Waals surface area contributed by atoms with Crippen molar-refractivity contribution in [3.05, 3.63) is 22.1 Å². The molecule has 2 N–H and O–H groups in total. The Morgan fingerprint density at radius 2 is 2.20 bits per heavy atom. The van der Waals surface area contributed by atoms with Crippen molar-refractivity contribution in [2.45, 2.75) is 31.6 Å². The molecule has 20 heavy (non-hydrogen) atoms. The Kier molecular flexibility index (Phi) is 4.12. The molecule has 8 heteroatoms. The fourth-order valence-corrected chi connectivity index (χ4v) is 2.71. The summed E-state index contributed by atoms with van der Waals surface area (Å²) in [6.07, 6.45) is 1.25. The monoisotopic (exact) mass is 297 g/mol. The summed E-state index contributed by atoms with van der Waals surface area (Å²) in [7, 11) is 0. The number of aromatic nitrogens is 2. The van der Waals surface area contributed by atoms with Crippen molar-refractivity contribution in [3.8, 4) is 0 Å². The van der Waals surface area contributed by atoms with Gasteiger partial charge in [0.1, 0.15) is 5.56 Å². The second kappa shape index (κ2) is 5.66. The number of nitrogens with one attached hydrogen (secondary N) is 1. The molecule has 1 amide bonds. The van der Waals surface area contributed by atoms with Crippen LogP contribution >= 0.6 is 11.8 Å². The maximum Gasteiger partial charge on any atom is 0.308 e. The molecule has 1 aromatic rings. The Morgan fingerprint density at radius 1 is 1.50 bits per heavy atom. The van der Waals surface area contributed by atoms with E-state index in [1.165, 1.54) is 29.4 Å². The molecule has 2 unspecified atom stereocenters. The molecule has 0 spiro atoms. The number of hydrogen-bond acceptors (Lipinski definition) is 5. The Balaban J connectivity index is 2.19. The SMILES string of the molecule is CC(NC(=O)c1cnc2n(c1=O)CCS2)C(C)C(=O)O. The molecule has 0 bridgehead atoms. The lowest BCUT2D eigenvalue weighted by Gasteiger charge is -2.17. The number of carboxylic acids is 1. The average Bonchev–Trinajstić information content (AvgIpc) is 2.87. The summed E-state index contributed by atoms with van der Waals surface area (Å²) in [4.78, 5) is 39.1. The van der Waals surface area contributed by atoms with Gasteiger partial charge in [-0.3, -0.25) is 19.0 Å². The molecular formula is C12H15N3O4S. The van der Waals surface area contributed by atoms with Crippen LogP contribution in [-0.4, -0.2) is 38.3 Å². The second-order valence-corrected chi connectivity index (χ2v) is 5.71. The predicted octanol–water partition coefficient (Wildman–Crippen LogP) is 0.188. The minimum absolute atomic E-state index is 0.0549. The first-order valence-electron chi connectivity index (χ1n) is 6.18. The minimum atomic E-state index is -1.00. The number of carbonyl (C=O) groups excluding carboxylic acids is 1. The van der Waals surface area contributed by atoms with E-state index in [1.54, 1.807) is 6.92 Å². The van der Waals surface area contributed by atoms with Gasteiger partial charge in [-0.25, -0.2) is 4.98 Å². The van der Waals surface area contributed by atoms with Crippen LogP contribution in [0.2, 0.25) is 0 Å². The number of amides is 1. The molecule has 1 aliphatic heterocycles. The molecule has 0 aliphatic carbocycles. The molecule has 2 atom stereocenters. The van der Waals surface area contributed by atoms with E-state index in [-0.39, 0.29) is 11.1 Å². The number of nitrogens with zero attached hydrogens (tertiary/aromatic N) is 2. The van der Waals surface area contributed by atoms with Crippen LogP contribution < -0.4 is 10.9 Å². The molecule has 0 fully saturated rings. The van der Waals surface area contributed by atoms with Gasteiger partial charge in [0, 0.05) is 24.5 Å². The molecular weight excluding hydrogens is 282 g/mol. The standard InChI is InChI=1S/C12H15N3O4S/c1-6(11(18)19)7(2)14-9(16)8-5-13-12-15(10(8)17)3-4-20-12/h5-7H,3-4H2,1-2H3,(H,14,16)(H,18,19). The van der Waals surface area contributed by atoms with Gasteiger partial charge >= 0.3 is 5.97 Å². The van der Waals surface area contributed by atoms with E-state index in [0.717, 1.165) is 5.75 Å². The summed E-state index contributed by atoms with van der Waals surface area (Å²) in [6.45, 7) is 3.62. The Hall–Kier alpha value is -1.83. The smallest absolute Gasteiger partial charge is 0.308 e. The zero-order chi connectivity index (χ0) is 14.9. The van der Waals surface area contributed by atoms with E-state index in [0.29, 0.717) is 11.7 Å². The maximum absolute atomic E-state index is 12.1. The minimum Gasteiger partial charge on any atom is -0.481 e. The number of carboxylic acid groups (broad SMARTS) is 1. The normalized spacial score (nSPS) is 16.3. The fourth-order valence-electron chi connectivity index (χ4n) is 1.80. The zero-order valence-electron chi connectivity index (χ0n) is 11.1. The van der Waals surface area contributed by atoms with Gasteiger partial charge in [-0.1, -0.05) is 11.8 Å². The molecule has 108 valence electrons. The highest BCUT2D eigenvalue weighted by Crippen LogP contribution is 2.20. The van der Waals surface area contributed by atoms with Crippen molar-refractivity contribution in [3.63, 3.8) is 0 Å². The summed E-state index contributed by atoms with van der Waals surface area (Å²) in [5.41, 5.74) is -0.437. The van der Waals surface area contributed by atoms with Crippen molar-refractivity contribution < 1.29 is 14.7 Å². The van der Waals surface area contributed by atoms with Gasteiger partial charge < -0.3 is 10.4 Å². The lowest BCUT2D eigenvalue weighted by Crippen LogP contribution is -2.42. The van der Waals surface area contributed by atoms with E-state index in [4.69, 9.17) is 5.11 Å². The van der Waals surface area contributed by atoms with Crippen molar-refractivity contribution in [1.82, 2.24) is 14.9 Å². The Labute approximate surface area is 119 Å². The van der Waals surface area contributed by atoms with Crippen LogP contribution in [0.4, 0.5) is 0 Å². The third kappa shape index (κ3) is 2.69. The van der Waals surface area contributed by atoms with Crippen LogP contribution in [0.25, 0.3) is 0 Å². The molecule has 2 rings (SSSR count). The summed E-state index contributed by atoms with van der Waals surface area (Å²) < 4.78 is 1.46. The van der Waals surface area contributed by atoms with E-state index >= 15 is 0 Å². The number of carbonyl (C=O) groups is 2. The summed E-state index contributed by atoms with van der Waals surface area (Å²) in [5, 5.41) is 12.0. The zero-order valence-corrected chi connectivity index (χ0v) is 11.9. The summed E-state index contributed by atoms with van der Waals surface area (Å²) >= 11 is 1.47. The lowest BCUT2D eigenvalue weighted by atomic mass is 10.0. The first-order chi connectivity index (χ1) is 9.41. The van der Waals surface area contributed by atoms with Crippen molar-refractivity contribution in [2.24, 2.45) is 5.92 Å². The van der Waals surface area contributed by atoms with Crippen LogP contribution in [0.1, 0.15) is 24.2 Å². The fraction of sp³-hybridized carbons (Fsp3) is 0.500. The van der Waals surface area contributed by atoms with E-state index in [1.807, 2.05) is 0 Å². The highest BCUT2D eigenvalue weighted by Gasteiger charge is 2.24. The third-order valence-corrected chi connectivity index (χ3v) is 4.27. The molecule has 1 aliphatic rings. The van der Waals surface area contributed by atoms with Crippen molar-refractivity contribution >= 4 is 23.6 Å². The van der Waals surface area contributed by atoms with Crippen LogP contribution in [-0.2, 0) is 11.3 Å². The topological polar surface area (TPSA) is 101 Å². The van der Waals surface area contributed by atoms with Gasteiger partial charge in [-0.05, 0) is 13.8 Å². The lowest BCUT2D eigenvalue weighted by molar-refractivity contribution is -0.141. The van der Waals surface area contributed by atoms with Gasteiger partial charge in [-0.15, -0.1) is 0 Å². The number of aliphatic carboxylic acids is 1. The largest absolute Gasteiger partial charge is 0.481 e. The van der Waals surface area contributed by atoms with Crippen LogP contribution in [0, 0.1) is 5.92 Å². The second-order valence-electron chi connectivity index (χ2n) is 4.65. The number of rotatable bonds is 4. The Morgan fingerprint density at radius 3 is 2.85 bits per heavy atom. The van der Waals surface area contributed by atoms with Gasteiger partial charge in [0.2, 0.25) is 0 Å². The molecule has 0 saturated heterocycles. The summed E-state index contributed by atoms with van der Waals surface area (Å²) in [5.74, 6) is -1.56. The molecule has 1 aromatic heterocycles. The highest BCUT2D eigenvalue weighted by atomic mass is 32.2. The number of fused-ring (bicyclic) bond motifs is 1. The van der Waals surface area contributed by atoms with E-state index in [9.17, 15) is 14.4 Å². The predicted molar refractivity (Wildman–Crippen MR) is 72.9 cm³/mol. The molecule has 2 heterocycles. The van der Waals surface area contributed by atoms with Gasteiger partial charge in [-0.2, -0.15) is 0 Å². The number of hydrogen-bond donors (Lipinski definition) is 2. The first kappa shape index (κ1) is 14.6. The Bertz CT molecular complexity index is 613. The van der Waals surface area contributed by atoms with Crippen molar-refractivity contribution in [1.29, 1.82) is 0 Å². The third-order valence-electron chi connectivity index (χ3n) is 3.30. The molecule has 0 aromatic carbocycles. The van der Waals surface area contributed by atoms with Crippen LogP contribution in [0.3, 0.4) is 0 Å². The molecule has 0 radical (unpaired) electrons. The maximum atomic E-state index is 12.1. The number of thioether (sulfide) groups is 1. The highest BCUT2D eigenvalue weighted by molar-refractivity contribution is 7.99. The first-order valence-corrected chi connectivity index (χ1v) is 7.16. The van der Waals surface area contributed by atoms with Crippen molar-refractivity contribution in [2.75, 3.05) is 5.75 Å². The molecule has 0 saturated carbocycles. The van der Waals surface area contributed by atoms with Gasteiger partial charge in [0.15, 0.2) is 5.16 Å². The summed E-state index contributed by atoms with van der Waals surface area (Å²) in [6, 6.07) is -0.577. The average molecular weight is 297 g/mol. The molecule has 7 nitrogen and oxygen atoms in total. The van der Waals surface area contributed by atoms with Crippen LogP contribution in [0.5, 0.6) is 0 Å². The quantitative estimate of drug-likeness (QED) is 0.769. The van der Waals surface area contributed by atoms with Gasteiger partial charge in [0.25, 0.3) is 11.5 Å².